The summed E-state index contributed by atoms with van der Waals surface area (Å²) in [4.78, 5) is 4.44. The summed E-state index contributed by atoms with van der Waals surface area (Å²) in [5.41, 5.74) is 7.62. The van der Waals surface area contributed by atoms with Crippen molar-refractivity contribution in [2.75, 3.05) is 5.73 Å². The summed E-state index contributed by atoms with van der Waals surface area (Å²) in [5.74, 6) is 1.78. The van der Waals surface area contributed by atoms with Crippen molar-refractivity contribution in [2.45, 2.75) is 33.2 Å². The number of nitrogen functional groups attached to an aromatic ring is 1. The lowest BCUT2D eigenvalue weighted by Crippen LogP contribution is -2.01. The highest BCUT2D eigenvalue weighted by Crippen LogP contribution is 2.19. The number of anilines is 1. The van der Waals surface area contributed by atoms with Crippen molar-refractivity contribution < 1.29 is 0 Å². The highest BCUT2D eigenvalue weighted by atomic mass is 15.1. The Morgan fingerprint density at radius 1 is 1.22 bits per heavy atom. The molecular formula is C15H21N3. The Morgan fingerprint density at radius 3 is 2.61 bits per heavy atom. The zero-order chi connectivity index (χ0) is 13.0. The van der Waals surface area contributed by atoms with Gasteiger partial charge in [-0.2, -0.15) is 0 Å². The molecule has 0 unspecified atom stereocenters. The molecule has 0 saturated heterocycles. The zero-order valence-corrected chi connectivity index (χ0v) is 11.1. The lowest BCUT2D eigenvalue weighted by Gasteiger charge is -2.09. The van der Waals surface area contributed by atoms with Crippen molar-refractivity contribution in [3.63, 3.8) is 0 Å². The molecule has 2 aromatic rings. The fourth-order valence-corrected chi connectivity index (χ4v) is 2.05. The van der Waals surface area contributed by atoms with E-state index in [4.69, 9.17) is 5.73 Å². The Hall–Kier alpha value is -1.77. The number of nitrogens with two attached hydrogens (primary N) is 1. The van der Waals surface area contributed by atoms with Gasteiger partial charge in [0, 0.05) is 30.2 Å². The summed E-state index contributed by atoms with van der Waals surface area (Å²) in [5, 5.41) is 0. The SMILES string of the molecule is CC(C)CCCn1ccnc1-c1ccc(N)cc1. The zero-order valence-electron chi connectivity index (χ0n) is 11.1. The van der Waals surface area contributed by atoms with E-state index in [0.29, 0.717) is 0 Å². The maximum absolute atomic E-state index is 5.70. The van der Waals surface area contributed by atoms with Gasteiger partial charge in [-0.3, -0.25) is 0 Å². The van der Waals surface area contributed by atoms with Gasteiger partial charge < -0.3 is 10.3 Å². The van der Waals surface area contributed by atoms with Crippen LogP contribution in [0.25, 0.3) is 11.4 Å². The Morgan fingerprint density at radius 2 is 1.94 bits per heavy atom. The Kier molecular flexibility index (Phi) is 4.03. The van der Waals surface area contributed by atoms with E-state index in [1.165, 1.54) is 12.8 Å². The van der Waals surface area contributed by atoms with Crippen LogP contribution >= 0.6 is 0 Å². The third-order valence-corrected chi connectivity index (χ3v) is 3.06. The standard InChI is InChI=1S/C15H21N3/c1-12(2)4-3-10-18-11-9-17-15(18)13-5-7-14(16)8-6-13/h5-9,11-12H,3-4,10,16H2,1-2H3. The largest absolute Gasteiger partial charge is 0.399 e. The van der Waals surface area contributed by atoms with E-state index in [1.807, 2.05) is 36.7 Å². The first kappa shape index (κ1) is 12.7. The molecule has 3 heteroatoms. The molecule has 0 fully saturated rings. The normalized spacial score (nSPS) is 11.1. The third kappa shape index (κ3) is 3.13. The number of benzene rings is 1. The Balaban J connectivity index is 2.10. The molecule has 1 aromatic heterocycles. The molecule has 3 nitrogen and oxygen atoms in total. The fourth-order valence-electron chi connectivity index (χ4n) is 2.05. The summed E-state index contributed by atoms with van der Waals surface area (Å²) in [7, 11) is 0. The van der Waals surface area contributed by atoms with Gasteiger partial charge in [0.1, 0.15) is 5.82 Å². The van der Waals surface area contributed by atoms with Crippen molar-refractivity contribution in [1.29, 1.82) is 0 Å². The van der Waals surface area contributed by atoms with E-state index >= 15 is 0 Å². The van der Waals surface area contributed by atoms with Crippen molar-refractivity contribution in [1.82, 2.24) is 9.55 Å². The monoisotopic (exact) mass is 243 g/mol. The van der Waals surface area contributed by atoms with Crippen LogP contribution in [0.15, 0.2) is 36.7 Å². The summed E-state index contributed by atoms with van der Waals surface area (Å²) in [6.07, 6.45) is 6.35. The van der Waals surface area contributed by atoms with Crippen molar-refractivity contribution in [3.05, 3.63) is 36.7 Å². The van der Waals surface area contributed by atoms with Crippen LogP contribution in [-0.4, -0.2) is 9.55 Å². The van der Waals surface area contributed by atoms with E-state index < -0.39 is 0 Å². The molecule has 0 aliphatic heterocycles. The molecule has 0 amide bonds. The average Bonchev–Trinajstić information content (AvgIpc) is 2.78. The van der Waals surface area contributed by atoms with Crippen LogP contribution in [-0.2, 0) is 6.54 Å². The predicted molar refractivity (Wildman–Crippen MR) is 76.1 cm³/mol. The predicted octanol–water partition coefficient (Wildman–Crippen LogP) is 3.57. The highest BCUT2D eigenvalue weighted by molar-refractivity contribution is 5.59. The van der Waals surface area contributed by atoms with E-state index in [1.54, 1.807) is 0 Å². The minimum atomic E-state index is 0.758. The molecule has 0 spiro atoms. The van der Waals surface area contributed by atoms with E-state index in [9.17, 15) is 0 Å². The molecule has 96 valence electrons. The topological polar surface area (TPSA) is 43.8 Å². The van der Waals surface area contributed by atoms with Gasteiger partial charge in [-0.15, -0.1) is 0 Å². The maximum Gasteiger partial charge on any atom is 0.139 e. The van der Waals surface area contributed by atoms with Gasteiger partial charge in [-0.1, -0.05) is 13.8 Å². The van der Waals surface area contributed by atoms with Gasteiger partial charge in [0.05, 0.1) is 0 Å². The minimum absolute atomic E-state index is 0.758. The van der Waals surface area contributed by atoms with Gasteiger partial charge in [0.15, 0.2) is 0 Å². The number of hydrogen-bond donors (Lipinski definition) is 1. The quantitative estimate of drug-likeness (QED) is 0.816. The number of imidazole rings is 1. The van der Waals surface area contributed by atoms with Gasteiger partial charge in [0.2, 0.25) is 0 Å². The smallest absolute Gasteiger partial charge is 0.139 e. The molecule has 0 aliphatic carbocycles. The second kappa shape index (κ2) is 5.71. The van der Waals surface area contributed by atoms with E-state index in [0.717, 1.165) is 29.5 Å². The fraction of sp³-hybridized carbons (Fsp3) is 0.400. The van der Waals surface area contributed by atoms with Crippen LogP contribution < -0.4 is 5.73 Å². The number of nitrogens with zero attached hydrogens (tertiary/aromatic N) is 2. The number of hydrogen-bond acceptors (Lipinski definition) is 2. The summed E-state index contributed by atoms with van der Waals surface area (Å²) in [6, 6.07) is 7.89. The molecule has 2 rings (SSSR count). The molecular weight excluding hydrogens is 222 g/mol. The molecule has 0 saturated carbocycles. The number of rotatable bonds is 5. The first-order chi connectivity index (χ1) is 8.66. The van der Waals surface area contributed by atoms with Gasteiger partial charge in [0.25, 0.3) is 0 Å². The second-order valence-electron chi connectivity index (χ2n) is 5.10. The molecule has 0 bridgehead atoms. The third-order valence-electron chi connectivity index (χ3n) is 3.06. The molecule has 1 heterocycles. The highest BCUT2D eigenvalue weighted by Gasteiger charge is 2.05. The van der Waals surface area contributed by atoms with Gasteiger partial charge in [-0.05, 0) is 43.0 Å². The maximum atomic E-state index is 5.70. The van der Waals surface area contributed by atoms with Gasteiger partial charge in [-0.25, -0.2) is 4.98 Å². The van der Waals surface area contributed by atoms with E-state index in [-0.39, 0.29) is 0 Å². The first-order valence-corrected chi connectivity index (χ1v) is 6.54. The van der Waals surface area contributed by atoms with E-state index in [2.05, 4.69) is 23.4 Å². The molecule has 1 aromatic carbocycles. The number of aryl methyl sites for hydroxylation is 1. The molecule has 2 N–H and O–H groups in total. The van der Waals surface area contributed by atoms with Crippen molar-refractivity contribution in [2.24, 2.45) is 5.92 Å². The van der Waals surface area contributed by atoms with Crippen LogP contribution in [0.2, 0.25) is 0 Å². The van der Waals surface area contributed by atoms with Crippen LogP contribution in [0.4, 0.5) is 5.69 Å². The molecule has 0 radical (unpaired) electrons. The lowest BCUT2D eigenvalue weighted by atomic mass is 10.1. The van der Waals surface area contributed by atoms with Crippen LogP contribution in [0, 0.1) is 5.92 Å². The average molecular weight is 243 g/mol. The molecule has 0 aliphatic rings. The molecule has 0 atom stereocenters. The van der Waals surface area contributed by atoms with Crippen LogP contribution in [0.3, 0.4) is 0 Å². The summed E-state index contributed by atoms with van der Waals surface area (Å²) >= 11 is 0. The van der Waals surface area contributed by atoms with Gasteiger partial charge >= 0.3 is 0 Å². The lowest BCUT2D eigenvalue weighted by molar-refractivity contribution is 0.514. The summed E-state index contributed by atoms with van der Waals surface area (Å²) < 4.78 is 2.22. The van der Waals surface area contributed by atoms with Crippen LogP contribution in [0.5, 0.6) is 0 Å². The first-order valence-electron chi connectivity index (χ1n) is 6.54. The molecule has 18 heavy (non-hydrogen) atoms. The Labute approximate surface area is 109 Å². The number of aromatic nitrogens is 2. The van der Waals surface area contributed by atoms with Crippen molar-refractivity contribution in [3.8, 4) is 11.4 Å². The Bertz CT molecular complexity index is 483. The minimum Gasteiger partial charge on any atom is -0.399 e. The van der Waals surface area contributed by atoms with Crippen molar-refractivity contribution >= 4 is 5.69 Å². The summed E-state index contributed by atoms with van der Waals surface area (Å²) in [6.45, 7) is 5.54. The van der Waals surface area contributed by atoms with Crippen LogP contribution in [0.1, 0.15) is 26.7 Å². The second-order valence-corrected chi connectivity index (χ2v) is 5.10.